The predicted molar refractivity (Wildman–Crippen MR) is 57.2 cm³/mol. The Bertz CT molecular complexity index is 422. The smallest absolute Gasteiger partial charge is 0.124 e. The van der Waals surface area contributed by atoms with Gasteiger partial charge in [0.15, 0.2) is 0 Å². The molecule has 3 nitrogen and oxygen atoms in total. The van der Waals surface area contributed by atoms with Crippen molar-refractivity contribution in [3.8, 4) is 5.69 Å². The molecule has 0 amide bonds. The highest BCUT2D eigenvalue weighted by Gasteiger charge is 1.97. The van der Waals surface area contributed by atoms with Crippen LogP contribution in [0.15, 0.2) is 41.4 Å². The molecule has 2 aromatic rings. The molecule has 2 rings (SSSR count). The third kappa shape index (κ3) is 1.86. The fraction of sp³-hybridized carbons (Fsp3) is 0.100. The van der Waals surface area contributed by atoms with Crippen LogP contribution in [0.4, 0.5) is 0 Å². The molecule has 0 bridgehead atoms. The zero-order valence-corrected chi connectivity index (χ0v) is 8.98. The molecule has 0 atom stereocenters. The summed E-state index contributed by atoms with van der Waals surface area (Å²) in [5.74, 6) is 0. The van der Waals surface area contributed by atoms with Crippen molar-refractivity contribution in [2.45, 2.75) is 6.61 Å². The summed E-state index contributed by atoms with van der Waals surface area (Å²) < 4.78 is 2.72. The lowest BCUT2D eigenvalue weighted by Crippen LogP contribution is -1.90. The second kappa shape index (κ2) is 3.94. The largest absolute Gasteiger partial charge is 0.392 e. The summed E-state index contributed by atoms with van der Waals surface area (Å²) in [5, 5.41) is 8.88. The van der Waals surface area contributed by atoms with Crippen molar-refractivity contribution in [3.63, 3.8) is 0 Å². The molecule has 0 radical (unpaired) electrons. The molecular weight excluding hydrogens is 244 g/mol. The minimum atomic E-state index is 0.0773. The third-order valence-electron chi connectivity index (χ3n) is 1.97. The molecule has 0 saturated heterocycles. The van der Waals surface area contributed by atoms with Crippen LogP contribution in [0.3, 0.4) is 0 Å². The third-order valence-corrected chi connectivity index (χ3v) is 2.38. The average Bonchev–Trinajstić information content (AvgIpc) is 2.65. The summed E-state index contributed by atoms with van der Waals surface area (Å²) in [7, 11) is 0. The highest BCUT2D eigenvalue weighted by Crippen LogP contribution is 2.12. The number of hydrogen-bond donors (Lipinski definition) is 1. The molecule has 1 aromatic heterocycles. The Labute approximate surface area is 90.2 Å². The molecule has 0 fully saturated rings. The lowest BCUT2D eigenvalue weighted by molar-refractivity contribution is 0.282. The zero-order chi connectivity index (χ0) is 9.97. The number of aliphatic hydroxyl groups is 1. The predicted octanol–water partition coefficient (Wildman–Crippen LogP) is 2.13. The van der Waals surface area contributed by atoms with Gasteiger partial charge in [-0.2, -0.15) is 0 Å². The first-order valence-electron chi connectivity index (χ1n) is 4.19. The van der Waals surface area contributed by atoms with E-state index in [0.29, 0.717) is 0 Å². The maximum Gasteiger partial charge on any atom is 0.124 e. The van der Waals surface area contributed by atoms with E-state index in [1.807, 2.05) is 35.0 Å². The molecule has 0 aliphatic carbocycles. The van der Waals surface area contributed by atoms with Crippen molar-refractivity contribution in [2.75, 3.05) is 0 Å². The van der Waals surface area contributed by atoms with Gasteiger partial charge in [0.2, 0.25) is 0 Å². The maximum absolute atomic E-state index is 8.88. The van der Waals surface area contributed by atoms with Gasteiger partial charge in [0.25, 0.3) is 0 Å². The number of nitrogens with zero attached hydrogens (tertiary/aromatic N) is 2. The quantitative estimate of drug-likeness (QED) is 0.890. The first-order valence-corrected chi connectivity index (χ1v) is 4.98. The van der Waals surface area contributed by atoms with E-state index in [-0.39, 0.29) is 6.61 Å². The Morgan fingerprint density at radius 1 is 1.29 bits per heavy atom. The molecule has 1 N–H and O–H groups in total. The van der Waals surface area contributed by atoms with Gasteiger partial charge in [-0.1, -0.05) is 12.1 Å². The fourth-order valence-electron chi connectivity index (χ4n) is 1.21. The minimum Gasteiger partial charge on any atom is -0.392 e. The normalized spacial score (nSPS) is 10.4. The number of halogens is 1. The van der Waals surface area contributed by atoms with Crippen molar-refractivity contribution in [3.05, 3.63) is 47.0 Å². The van der Waals surface area contributed by atoms with Crippen LogP contribution in [-0.4, -0.2) is 14.7 Å². The number of rotatable bonds is 2. The summed E-state index contributed by atoms with van der Waals surface area (Å²) in [5.41, 5.74) is 1.94. The molecule has 1 heterocycles. The topological polar surface area (TPSA) is 38.0 Å². The van der Waals surface area contributed by atoms with Gasteiger partial charge < -0.3 is 9.67 Å². The van der Waals surface area contributed by atoms with E-state index in [9.17, 15) is 0 Å². The van der Waals surface area contributed by atoms with Crippen LogP contribution in [0.2, 0.25) is 0 Å². The number of aromatic nitrogens is 2. The Morgan fingerprint density at radius 2 is 2.00 bits per heavy atom. The van der Waals surface area contributed by atoms with Crippen LogP contribution >= 0.6 is 15.9 Å². The van der Waals surface area contributed by atoms with Crippen LogP contribution < -0.4 is 0 Å². The summed E-state index contributed by atoms with van der Waals surface area (Å²) >= 11 is 3.29. The number of aliphatic hydroxyl groups excluding tert-OH is 1. The van der Waals surface area contributed by atoms with E-state index in [4.69, 9.17) is 5.11 Å². The van der Waals surface area contributed by atoms with Crippen LogP contribution in [0.5, 0.6) is 0 Å². The van der Waals surface area contributed by atoms with Crippen LogP contribution in [-0.2, 0) is 6.61 Å². The second-order valence-corrected chi connectivity index (χ2v) is 3.74. The van der Waals surface area contributed by atoms with Gasteiger partial charge in [-0.05, 0) is 33.6 Å². The van der Waals surface area contributed by atoms with E-state index in [2.05, 4.69) is 20.9 Å². The summed E-state index contributed by atoms with van der Waals surface area (Å²) in [4.78, 5) is 4.07. The van der Waals surface area contributed by atoms with Crippen molar-refractivity contribution in [1.82, 2.24) is 9.55 Å². The van der Waals surface area contributed by atoms with Crippen molar-refractivity contribution >= 4 is 15.9 Å². The maximum atomic E-state index is 8.88. The zero-order valence-electron chi connectivity index (χ0n) is 7.39. The Kier molecular flexibility index (Phi) is 2.65. The first kappa shape index (κ1) is 9.43. The van der Waals surface area contributed by atoms with E-state index >= 15 is 0 Å². The molecular formula is C10H9BrN2O. The Morgan fingerprint density at radius 3 is 2.50 bits per heavy atom. The van der Waals surface area contributed by atoms with Gasteiger partial charge in [0, 0.05) is 11.9 Å². The second-order valence-electron chi connectivity index (χ2n) is 2.93. The van der Waals surface area contributed by atoms with Gasteiger partial charge in [0.05, 0.1) is 6.61 Å². The SMILES string of the molecule is OCc1ccc(-n2cnc(Br)c2)cc1. The van der Waals surface area contributed by atoms with Gasteiger partial charge in [0.1, 0.15) is 10.9 Å². The molecule has 0 spiro atoms. The fourth-order valence-corrected chi connectivity index (χ4v) is 1.53. The molecule has 0 saturated carbocycles. The minimum absolute atomic E-state index is 0.0773. The van der Waals surface area contributed by atoms with E-state index in [1.54, 1.807) is 6.33 Å². The van der Waals surface area contributed by atoms with Gasteiger partial charge in [-0.3, -0.25) is 0 Å². The summed E-state index contributed by atoms with van der Waals surface area (Å²) in [6, 6.07) is 7.67. The van der Waals surface area contributed by atoms with Crippen molar-refractivity contribution < 1.29 is 5.11 Å². The standard InChI is InChI=1S/C10H9BrN2O/c11-10-5-13(7-12-10)9-3-1-8(6-14)2-4-9/h1-5,7,14H,6H2. The van der Waals surface area contributed by atoms with Crippen molar-refractivity contribution in [2.24, 2.45) is 0 Å². The van der Waals surface area contributed by atoms with Crippen LogP contribution in [0.25, 0.3) is 5.69 Å². The highest BCUT2D eigenvalue weighted by molar-refractivity contribution is 9.10. The monoisotopic (exact) mass is 252 g/mol. The van der Waals surface area contributed by atoms with E-state index in [1.165, 1.54) is 0 Å². The Hall–Kier alpha value is -1.13. The highest BCUT2D eigenvalue weighted by atomic mass is 79.9. The van der Waals surface area contributed by atoms with Crippen LogP contribution in [0, 0.1) is 0 Å². The summed E-state index contributed by atoms with van der Waals surface area (Å²) in [6.07, 6.45) is 3.62. The molecule has 72 valence electrons. The molecule has 0 aliphatic heterocycles. The molecule has 0 unspecified atom stereocenters. The number of hydrogen-bond acceptors (Lipinski definition) is 2. The molecule has 1 aromatic carbocycles. The molecule has 14 heavy (non-hydrogen) atoms. The van der Waals surface area contributed by atoms with Gasteiger partial charge in [-0.25, -0.2) is 4.98 Å². The summed E-state index contributed by atoms with van der Waals surface area (Å²) in [6.45, 7) is 0.0773. The van der Waals surface area contributed by atoms with Crippen LogP contribution in [0.1, 0.15) is 5.56 Å². The first-order chi connectivity index (χ1) is 6.79. The number of imidazole rings is 1. The number of benzene rings is 1. The van der Waals surface area contributed by atoms with Crippen molar-refractivity contribution in [1.29, 1.82) is 0 Å². The van der Waals surface area contributed by atoms with E-state index < -0.39 is 0 Å². The Balaban J connectivity index is 2.33. The molecule has 0 aliphatic rings. The lowest BCUT2D eigenvalue weighted by Gasteiger charge is -2.02. The van der Waals surface area contributed by atoms with Gasteiger partial charge in [-0.15, -0.1) is 0 Å². The van der Waals surface area contributed by atoms with E-state index in [0.717, 1.165) is 15.9 Å². The van der Waals surface area contributed by atoms with Gasteiger partial charge >= 0.3 is 0 Å². The molecule has 4 heteroatoms. The average molecular weight is 253 g/mol. The lowest BCUT2D eigenvalue weighted by atomic mass is 10.2.